The van der Waals surface area contributed by atoms with Crippen molar-refractivity contribution in [3.05, 3.63) is 65.0 Å². The van der Waals surface area contributed by atoms with Gasteiger partial charge in [0.15, 0.2) is 0 Å². The Bertz CT molecular complexity index is 912. The summed E-state index contributed by atoms with van der Waals surface area (Å²) in [5.74, 6) is -1.20. The maximum Gasteiger partial charge on any atom is 0.407 e. The average Bonchev–Trinajstić information content (AvgIpc) is 2.65. The summed E-state index contributed by atoms with van der Waals surface area (Å²) in [6, 6.07) is 9.33. The lowest BCUT2D eigenvalue weighted by molar-refractivity contribution is -0.0498. The average molecular weight is 438 g/mol. The van der Waals surface area contributed by atoms with Gasteiger partial charge in [-0.1, -0.05) is 18.2 Å². The van der Waals surface area contributed by atoms with E-state index in [1.807, 2.05) is 0 Å². The molecule has 0 spiro atoms. The maximum atomic E-state index is 14.4. The fourth-order valence-corrected chi connectivity index (χ4v) is 2.72. The topological polar surface area (TPSA) is 76.7 Å². The fourth-order valence-electron chi connectivity index (χ4n) is 2.72. The molecule has 2 rings (SSSR count). The first-order chi connectivity index (χ1) is 14.5. The van der Waals surface area contributed by atoms with E-state index in [2.05, 4.69) is 15.4 Å². The number of ether oxygens (including phenoxy) is 2. The molecule has 2 aromatic rings. The van der Waals surface area contributed by atoms with Gasteiger partial charge in [-0.3, -0.25) is 4.79 Å². The van der Waals surface area contributed by atoms with E-state index in [9.17, 15) is 22.8 Å². The third-order valence-electron chi connectivity index (χ3n) is 4.12. The van der Waals surface area contributed by atoms with Gasteiger partial charge in [-0.15, -0.1) is 0 Å². The highest BCUT2D eigenvalue weighted by molar-refractivity contribution is 5.96. The summed E-state index contributed by atoms with van der Waals surface area (Å²) in [6.45, 7) is 3.62. The van der Waals surface area contributed by atoms with E-state index < -0.39 is 36.1 Å². The lowest BCUT2D eigenvalue weighted by Crippen LogP contribution is -2.33. The molecule has 2 amide bonds. The fraction of sp³-hybridized carbons (Fsp3) is 0.364. The third kappa shape index (κ3) is 7.51. The Balaban J connectivity index is 2.09. The van der Waals surface area contributed by atoms with Gasteiger partial charge in [0.2, 0.25) is 0 Å². The molecule has 0 heterocycles. The molecule has 9 heteroatoms. The van der Waals surface area contributed by atoms with Gasteiger partial charge in [0, 0.05) is 17.7 Å². The normalized spacial score (nSPS) is 12.3. The van der Waals surface area contributed by atoms with E-state index in [-0.39, 0.29) is 23.4 Å². The van der Waals surface area contributed by atoms with Gasteiger partial charge in [-0.2, -0.15) is 8.78 Å². The minimum Gasteiger partial charge on any atom is -0.444 e. The highest BCUT2D eigenvalue weighted by atomic mass is 19.3. The number of alkyl halides is 2. The zero-order chi connectivity index (χ0) is 23.2. The van der Waals surface area contributed by atoms with E-state index in [1.54, 1.807) is 39.8 Å². The highest BCUT2D eigenvalue weighted by Gasteiger charge is 2.20. The largest absolute Gasteiger partial charge is 0.444 e. The monoisotopic (exact) mass is 438 g/mol. The SMILES string of the molecule is C[C@@H](NC(=O)c1cccc(F)c1CNC(=O)OC(C)(C)C)c1ccc(OC(F)F)cc1. The van der Waals surface area contributed by atoms with Crippen LogP contribution in [0.1, 0.15) is 55.2 Å². The molecule has 0 aromatic heterocycles. The molecular formula is C22H25F3N2O4. The zero-order valence-electron chi connectivity index (χ0n) is 17.7. The van der Waals surface area contributed by atoms with Crippen LogP contribution >= 0.6 is 0 Å². The van der Waals surface area contributed by atoms with E-state index in [0.717, 1.165) is 0 Å². The number of benzene rings is 2. The summed E-state index contributed by atoms with van der Waals surface area (Å²) in [4.78, 5) is 24.6. The second-order valence-corrected chi connectivity index (χ2v) is 7.76. The molecule has 0 unspecified atom stereocenters. The van der Waals surface area contributed by atoms with Gasteiger partial charge in [0.25, 0.3) is 5.91 Å². The number of hydrogen-bond donors (Lipinski definition) is 2. The van der Waals surface area contributed by atoms with Crippen LogP contribution in [0.15, 0.2) is 42.5 Å². The summed E-state index contributed by atoms with van der Waals surface area (Å²) >= 11 is 0. The number of rotatable bonds is 7. The van der Waals surface area contributed by atoms with Crippen LogP contribution in [-0.4, -0.2) is 24.2 Å². The Hall–Kier alpha value is -3.23. The number of amides is 2. The standard InChI is InChI=1S/C22H25F3N2O4/c1-13(14-8-10-15(11-9-14)30-20(24)25)27-19(28)16-6-5-7-18(23)17(16)12-26-21(29)31-22(2,3)4/h5-11,13,20H,12H2,1-4H3,(H,26,29)(H,27,28)/t13-/m1/s1. The van der Waals surface area contributed by atoms with Crippen LogP contribution in [0, 0.1) is 5.82 Å². The Morgan fingerprint density at radius 3 is 2.29 bits per heavy atom. The van der Waals surface area contributed by atoms with Crippen molar-refractivity contribution in [3.8, 4) is 5.75 Å². The van der Waals surface area contributed by atoms with Gasteiger partial charge in [-0.25, -0.2) is 9.18 Å². The molecule has 168 valence electrons. The Morgan fingerprint density at radius 2 is 1.71 bits per heavy atom. The summed E-state index contributed by atoms with van der Waals surface area (Å²) in [6.07, 6.45) is -0.735. The maximum absolute atomic E-state index is 14.4. The number of carbonyl (C=O) groups is 2. The number of alkyl carbamates (subject to hydrolysis) is 1. The van der Waals surface area contributed by atoms with E-state index in [1.165, 1.54) is 30.3 Å². The van der Waals surface area contributed by atoms with Crippen LogP contribution in [-0.2, 0) is 11.3 Å². The van der Waals surface area contributed by atoms with Crippen molar-refractivity contribution in [1.82, 2.24) is 10.6 Å². The molecule has 0 aliphatic heterocycles. The lowest BCUT2D eigenvalue weighted by Gasteiger charge is -2.20. The molecule has 2 aromatic carbocycles. The molecule has 1 atom stereocenters. The van der Waals surface area contributed by atoms with E-state index in [0.29, 0.717) is 5.56 Å². The van der Waals surface area contributed by atoms with Gasteiger partial charge >= 0.3 is 12.7 Å². The van der Waals surface area contributed by atoms with Gasteiger partial charge < -0.3 is 20.1 Å². The second kappa shape index (κ2) is 10.2. The third-order valence-corrected chi connectivity index (χ3v) is 4.12. The van der Waals surface area contributed by atoms with Crippen molar-refractivity contribution in [2.45, 2.75) is 52.5 Å². The van der Waals surface area contributed by atoms with Crippen molar-refractivity contribution in [2.75, 3.05) is 0 Å². The van der Waals surface area contributed by atoms with Crippen LogP contribution in [0.25, 0.3) is 0 Å². The van der Waals surface area contributed by atoms with Crippen LogP contribution in [0.2, 0.25) is 0 Å². The molecule has 6 nitrogen and oxygen atoms in total. The second-order valence-electron chi connectivity index (χ2n) is 7.76. The summed E-state index contributed by atoms with van der Waals surface area (Å²) in [5.41, 5.74) is -0.00990. The van der Waals surface area contributed by atoms with Gasteiger partial charge in [0.1, 0.15) is 17.2 Å². The van der Waals surface area contributed by atoms with E-state index >= 15 is 0 Å². The number of carbonyl (C=O) groups excluding carboxylic acids is 2. The van der Waals surface area contributed by atoms with Crippen LogP contribution in [0.4, 0.5) is 18.0 Å². The number of hydrogen-bond acceptors (Lipinski definition) is 4. The summed E-state index contributed by atoms with van der Waals surface area (Å²) < 4.78 is 48.3. The van der Waals surface area contributed by atoms with Crippen molar-refractivity contribution >= 4 is 12.0 Å². The first-order valence-corrected chi connectivity index (χ1v) is 9.56. The molecule has 0 saturated heterocycles. The molecule has 0 aliphatic rings. The van der Waals surface area contributed by atoms with Crippen molar-refractivity contribution < 1.29 is 32.2 Å². The Labute approximate surface area is 178 Å². The van der Waals surface area contributed by atoms with E-state index in [4.69, 9.17) is 4.74 Å². The number of nitrogens with one attached hydrogen (secondary N) is 2. The summed E-state index contributed by atoms with van der Waals surface area (Å²) in [5, 5.41) is 5.17. The zero-order valence-corrected chi connectivity index (χ0v) is 17.7. The molecule has 0 bridgehead atoms. The van der Waals surface area contributed by atoms with Crippen LogP contribution < -0.4 is 15.4 Å². The van der Waals surface area contributed by atoms with Crippen molar-refractivity contribution in [3.63, 3.8) is 0 Å². The molecule has 0 aliphatic carbocycles. The first-order valence-electron chi connectivity index (χ1n) is 9.56. The molecule has 2 N–H and O–H groups in total. The minimum absolute atomic E-state index is 0.00193. The quantitative estimate of drug-likeness (QED) is 0.642. The summed E-state index contributed by atoms with van der Waals surface area (Å²) in [7, 11) is 0. The number of halogens is 3. The van der Waals surface area contributed by atoms with Crippen LogP contribution in [0.5, 0.6) is 5.75 Å². The predicted octanol–water partition coefficient (Wildman–Crippen LogP) is 4.94. The Kier molecular flexibility index (Phi) is 7.90. The first kappa shape index (κ1) is 24.0. The molecule has 0 radical (unpaired) electrons. The van der Waals surface area contributed by atoms with Gasteiger partial charge in [0.05, 0.1) is 6.04 Å². The van der Waals surface area contributed by atoms with Crippen molar-refractivity contribution in [2.24, 2.45) is 0 Å². The molecular weight excluding hydrogens is 413 g/mol. The van der Waals surface area contributed by atoms with Gasteiger partial charge in [-0.05, 0) is 57.5 Å². The lowest BCUT2D eigenvalue weighted by atomic mass is 10.0. The van der Waals surface area contributed by atoms with Crippen LogP contribution in [0.3, 0.4) is 0 Å². The molecule has 31 heavy (non-hydrogen) atoms. The Morgan fingerprint density at radius 1 is 1.06 bits per heavy atom. The minimum atomic E-state index is -2.93. The molecule has 0 saturated carbocycles. The predicted molar refractivity (Wildman–Crippen MR) is 108 cm³/mol. The highest BCUT2D eigenvalue weighted by Crippen LogP contribution is 2.21. The van der Waals surface area contributed by atoms with Crippen molar-refractivity contribution in [1.29, 1.82) is 0 Å². The molecule has 0 fully saturated rings. The smallest absolute Gasteiger partial charge is 0.407 e.